The fourth-order valence-corrected chi connectivity index (χ4v) is 8.43. The minimum atomic E-state index is -3.02. The minimum absolute atomic E-state index is 0.0516. The number of pyridine rings is 2. The average Bonchev–Trinajstić information content (AvgIpc) is 3.03. The van der Waals surface area contributed by atoms with Crippen molar-refractivity contribution in [1.82, 2.24) is 9.97 Å². The third-order valence-corrected chi connectivity index (χ3v) is 10.8. The zero-order chi connectivity index (χ0) is 24.3. The summed E-state index contributed by atoms with van der Waals surface area (Å²) in [5.41, 5.74) is 7.74. The molecule has 2 unspecified atom stereocenters. The Morgan fingerprint density at radius 2 is 2.12 bits per heavy atom. The molecule has 6 nitrogen and oxygen atoms in total. The quantitative estimate of drug-likeness (QED) is 0.578. The second-order valence-electron chi connectivity index (χ2n) is 9.18. The molecule has 1 fully saturated rings. The lowest BCUT2D eigenvalue weighted by Crippen LogP contribution is -2.58. The standard InChI is InChI=1S/C25H23F2N5OS/c1-24(21-5-7-25(14-26,23(29)32-24)34(21,2)33)18-10-15(3-4-19(18)27)11-20-22-17(6-8-30-20)9-16(12-28)13-31-22/h3-4,6,8-10,13,21H,2,5,7,11,14H2,1H3,(H2,29,32)/t21?,24-,25+,34?/m1/s1. The summed E-state index contributed by atoms with van der Waals surface area (Å²) in [6.45, 7) is 0.805. The Labute approximate surface area is 196 Å². The molecular formula is C25H23F2N5OS. The summed E-state index contributed by atoms with van der Waals surface area (Å²) in [4.78, 5) is 13.4. The molecule has 0 spiro atoms. The fraction of sp³-hybridized carbons (Fsp3) is 0.320. The number of halogens is 2. The molecule has 0 radical (unpaired) electrons. The third-order valence-electron chi connectivity index (χ3n) is 7.35. The van der Waals surface area contributed by atoms with Gasteiger partial charge in [-0.25, -0.2) is 8.78 Å². The van der Waals surface area contributed by atoms with E-state index in [4.69, 9.17) is 11.0 Å². The number of aliphatic imine (C=N–C) groups is 1. The van der Waals surface area contributed by atoms with E-state index in [9.17, 15) is 8.60 Å². The maximum absolute atomic E-state index is 15.2. The van der Waals surface area contributed by atoms with Crippen molar-refractivity contribution in [3.8, 4) is 6.07 Å². The molecule has 1 saturated heterocycles. The van der Waals surface area contributed by atoms with Crippen LogP contribution in [0, 0.1) is 17.1 Å². The maximum atomic E-state index is 15.2. The van der Waals surface area contributed by atoms with Crippen LogP contribution >= 0.6 is 0 Å². The Morgan fingerprint density at radius 1 is 1.32 bits per heavy atom. The van der Waals surface area contributed by atoms with Crippen LogP contribution in [0.25, 0.3) is 10.9 Å². The van der Waals surface area contributed by atoms with Gasteiger partial charge in [0.1, 0.15) is 34.7 Å². The van der Waals surface area contributed by atoms with Gasteiger partial charge in [-0.1, -0.05) is 12.1 Å². The van der Waals surface area contributed by atoms with Crippen molar-refractivity contribution in [1.29, 1.82) is 5.26 Å². The second-order valence-corrected chi connectivity index (χ2v) is 12.0. The first-order chi connectivity index (χ1) is 16.2. The topological polar surface area (TPSA) is 105 Å². The van der Waals surface area contributed by atoms with Crippen LogP contribution in [0.3, 0.4) is 0 Å². The van der Waals surface area contributed by atoms with Gasteiger partial charge in [0.2, 0.25) is 0 Å². The number of hydrogen-bond donors (Lipinski definition) is 1. The van der Waals surface area contributed by atoms with Gasteiger partial charge in [-0.2, -0.15) is 5.26 Å². The van der Waals surface area contributed by atoms with Crippen molar-refractivity contribution in [2.75, 3.05) is 6.67 Å². The molecule has 5 rings (SSSR count). The number of nitriles is 1. The van der Waals surface area contributed by atoms with E-state index in [-0.39, 0.29) is 17.8 Å². The van der Waals surface area contributed by atoms with Crippen LogP contribution in [0.5, 0.6) is 0 Å². The number of alkyl halides is 1. The Morgan fingerprint density at radius 3 is 2.85 bits per heavy atom. The molecule has 1 aromatic carbocycles. The van der Waals surface area contributed by atoms with Crippen molar-refractivity contribution in [2.45, 2.75) is 41.7 Å². The lowest BCUT2D eigenvalue weighted by molar-refractivity contribution is 0.431. The second kappa shape index (κ2) is 7.57. The van der Waals surface area contributed by atoms with Gasteiger partial charge >= 0.3 is 0 Å². The molecule has 0 amide bonds. The molecule has 2 aromatic heterocycles. The van der Waals surface area contributed by atoms with Gasteiger partial charge in [0.25, 0.3) is 0 Å². The van der Waals surface area contributed by atoms with E-state index in [1.807, 2.05) is 0 Å². The van der Waals surface area contributed by atoms with Crippen LogP contribution in [-0.4, -0.2) is 42.6 Å². The average molecular weight is 480 g/mol. The molecule has 0 saturated carbocycles. The fourth-order valence-electron chi connectivity index (χ4n) is 5.41. The summed E-state index contributed by atoms with van der Waals surface area (Å²) in [6, 6.07) is 10.3. The monoisotopic (exact) mass is 479 g/mol. The number of rotatable bonds is 4. The first kappa shape index (κ1) is 22.4. The highest BCUT2D eigenvalue weighted by Crippen LogP contribution is 2.52. The van der Waals surface area contributed by atoms with Gasteiger partial charge in [0.15, 0.2) is 0 Å². The normalized spacial score (nSPS) is 30.2. The molecule has 2 N–H and O–H groups in total. The summed E-state index contributed by atoms with van der Waals surface area (Å²) in [6.07, 6.45) is 4.17. The van der Waals surface area contributed by atoms with E-state index in [0.717, 1.165) is 10.9 Å². The highest BCUT2D eigenvalue weighted by atomic mass is 32.2. The SMILES string of the molecule is C=S1(=O)C2CC[C@]1(CF)C(N)=N[C@]2(C)c1cc(Cc2nccc3cc(C#N)cnc23)ccc1F. The summed E-state index contributed by atoms with van der Waals surface area (Å²) in [5, 5.41) is 9.29. The minimum Gasteiger partial charge on any atom is -0.386 e. The molecule has 9 heteroatoms. The van der Waals surface area contributed by atoms with E-state index < -0.39 is 37.5 Å². The van der Waals surface area contributed by atoms with Crippen molar-refractivity contribution >= 4 is 32.1 Å². The van der Waals surface area contributed by atoms with Crippen LogP contribution in [-0.2, 0) is 21.5 Å². The number of amidine groups is 1. The van der Waals surface area contributed by atoms with Crippen molar-refractivity contribution in [3.63, 3.8) is 0 Å². The first-order valence-electron chi connectivity index (χ1n) is 10.9. The smallest absolute Gasteiger partial charge is 0.128 e. The number of hydrogen-bond acceptors (Lipinski definition) is 6. The van der Waals surface area contributed by atoms with Crippen LogP contribution < -0.4 is 5.73 Å². The number of nitrogens with two attached hydrogens (primary N) is 1. The molecule has 2 aliphatic heterocycles. The molecular weight excluding hydrogens is 456 g/mol. The number of fused-ring (bicyclic) bond motifs is 3. The van der Waals surface area contributed by atoms with Crippen LogP contribution in [0.1, 0.15) is 42.1 Å². The van der Waals surface area contributed by atoms with Gasteiger partial charge < -0.3 is 5.73 Å². The molecule has 4 heterocycles. The zero-order valence-electron chi connectivity index (χ0n) is 18.6. The van der Waals surface area contributed by atoms with Gasteiger partial charge in [-0.05, 0) is 58.9 Å². The van der Waals surface area contributed by atoms with E-state index in [1.165, 1.54) is 12.3 Å². The van der Waals surface area contributed by atoms with Gasteiger partial charge in [-0.3, -0.25) is 19.2 Å². The molecule has 3 aromatic rings. The van der Waals surface area contributed by atoms with Crippen molar-refractivity contribution in [2.24, 2.45) is 10.7 Å². The number of benzene rings is 1. The largest absolute Gasteiger partial charge is 0.386 e. The van der Waals surface area contributed by atoms with E-state index in [0.29, 0.717) is 29.6 Å². The van der Waals surface area contributed by atoms with Gasteiger partial charge in [0, 0.05) is 29.8 Å². The summed E-state index contributed by atoms with van der Waals surface area (Å²) in [7, 11) is -3.02. The molecule has 4 atom stereocenters. The number of aromatic nitrogens is 2. The molecule has 174 valence electrons. The summed E-state index contributed by atoms with van der Waals surface area (Å²) < 4.78 is 41.6. The van der Waals surface area contributed by atoms with Crippen molar-refractivity contribution in [3.05, 3.63) is 70.9 Å². The van der Waals surface area contributed by atoms with Crippen LogP contribution in [0.15, 0.2) is 47.7 Å². The molecule has 0 aliphatic carbocycles. The lowest BCUT2D eigenvalue weighted by atomic mass is 9.85. The van der Waals surface area contributed by atoms with Crippen molar-refractivity contribution < 1.29 is 13.0 Å². The molecule has 2 bridgehead atoms. The zero-order valence-corrected chi connectivity index (χ0v) is 19.4. The predicted molar refractivity (Wildman–Crippen MR) is 129 cm³/mol. The van der Waals surface area contributed by atoms with E-state index >= 15 is 4.39 Å². The summed E-state index contributed by atoms with van der Waals surface area (Å²) in [5.74, 6) is 3.35. The Balaban J connectivity index is 1.60. The Kier molecular flexibility index (Phi) is 4.99. The Hall–Kier alpha value is -3.38. The molecule has 34 heavy (non-hydrogen) atoms. The highest BCUT2D eigenvalue weighted by Gasteiger charge is 2.61. The van der Waals surface area contributed by atoms with Crippen LogP contribution in [0.2, 0.25) is 0 Å². The van der Waals surface area contributed by atoms with Gasteiger partial charge in [-0.15, -0.1) is 0 Å². The Bertz CT molecular complexity index is 1510. The van der Waals surface area contributed by atoms with Gasteiger partial charge in [0.05, 0.1) is 22.0 Å². The lowest BCUT2D eigenvalue weighted by Gasteiger charge is -2.42. The summed E-state index contributed by atoms with van der Waals surface area (Å²) >= 11 is 0. The predicted octanol–water partition coefficient (Wildman–Crippen LogP) is 3.40. The third kappa shape index (κ3) is 2.98. The molecule has 2 aliphatic rings. The first-order valence-corrected chi connectivity index (χ1v) is 12.7. The van der Waals surface area contributed by atoms with E-state index in [1.54, 1.807) is 37.4 Å². The van der Waals surface area contributed by atoms with E-state index in [2.05, 4.69) is 26.9 Å². The number of nitrogens with zero attached hydrogens (tertiary/aromatic N) is 4. The maximum Gasteiger partial charge on any atom is 0.128 e. The highest BCUT2D eigenvalue weighted by molar-refractivity contribution is 8.03. The van der Waals surface area contributed by atoms with Crippen LogP contribution in [0.4, 0.5) is 8.78 Å².